The highest BCUT2D eigenvalue weighted by molar-refractivity contribution is 6.31. The summed E-state index contributed by atoms with van der Waals surface area (Å²) in [5.41, 5.74) is 1.81. The zero-order chi connectivity index (χ0) is 8.55. The van der Waals surface area contributed by atoms with Crippen molar-refractivity contribution in [2.45, 2.75) is 0 Å². The second-order valence-corrected chi connectivity index (χ2v) is 3.02. The van der Waals surface area contributed by atoms with Crippen LogP contribution in [0.1, 0.15) is 0 Å². The van der Waals surface area contributed by atoms with E-state index in [1.165, 1.54) is 0 Å². The number of nitrogens with zero attached hydrogens (tertiary/aromatic N) is 3. The average molecular weight is 160 g/mol. The first-order valence-corrected chi connectivity index (χ1v) is 3.85. The SMILES string of the molecule is Bc1cnc(N2CC(=N)C2)nc1. The summed E-state index contributed by atoms with van der Waals surface area (Å²) in [5, 5.41) is 7.25. The van der Waals surface area contributed by atoms with E-state index < -0.39 is 0 Å². The van der Waals surface area contributed by atoms with E-state index in [0.717, 1.165) is 17.1 Å². The Labute approximate surface area is 71.6 Å². The Kier molecular flexibility index (Phi) is 1.57. The molecule has 0 aliphatic carbocycles. The van der Waals surface area contributed by atoms with Crippen molar-refractivity contribution in [3.8, 4) is 0 Å². The Morgan fingerprint density at radius 1 is 1.33 bits per heavy atom. The van der Waals surface area contributed by atoms with Crippen LogP contribution in [-0.4, -0.2) is 36.6 Å². The van der Waals surface area contributed by atoms with Gasteiger partial charge in [-0.3, -0.25) is 0 Å². The molecule has 0 amide bonds. The first kappa shape index (κ1) is 7.27. The van der Waals surface area contributed by atoms with E-state index in [1.54, 1.807) is 12.4 Å². The molecule has 12 heavy (non-hydrogen) atoms. The molecule has 1 aliphatic heterocycles. The van der Waals surface area contributed by atoms with Crippen LogP contribution in [0.4, 0.5) is 5.95 Å². The topological polar surface area (TPSA) is 52.9 Å². The Bertz CT molecular complexity index is 300. The van der Waals surface area contributed by atoms with Crippen molar-refractivity contribution >= 4 is 25.0 Å². The summed E-state index contributed by atoms with van der Waals surface area (Å²) in [6.07, 6.45) is 3.59. The van der Waals surface area contributed by atoms with Crippen LogP contribution in [0.5, 0.6) is 0 Å². The molecule has 1 fully saturated rings. The molecule has 0 spiro atoms. The van der Waals surface area contributed by atoms with E-state index in [2.05, 4.69) is 9.97 Å². The maximum absolute atomic E-state index is 7.25. The lowest BCUT2D eigenvalue weighted by Crippen LogP contribution is -2.47. The number of rotatable bonds is 1. The zero-order valence-electron chi connectivity index (χ0n) is 6.91. The molecule has 4 nitrogen and oxygen atoms in total. The van der Waals surface area contributed by atoms with Gasteiger partial charge >= 0.3 is 0 Å². The van der Waals surface area contributed by atoms with E-state index in [9.17, 15) is 0 Å². The van der Waals surface area contributed by atoms with E-state index in [-0.39, 0.29) is 0 Å². The van der Waals surface area contributed by atoms with Crippen molar-refractivity contribution in [2.24, 2.45) is 0 Å². The molecule has 0 bridgehead atoms. The van der Waals surface area contributed by atoms with Gasteiger partial charge in [0.25, 0.3) is 0 Å². The molecule has 0 atom stereocenters. The van der Waals surface area contributed by atoms with Gasteiger partial charge in [-0.15, -0.1) is 0 Å². The Morgan fingerprint density at radius 3 is 2.42 bits per heavy atom. The molecule has 1 N–H and O–H groups in total. The van der Waals surface area contributed by atoms with Crippen molar-refractivity contribution in [3.05, 3.63) is 12.4 Å². The first-order chi connectivity index (χ1) is 5.75. The van der Waals surface area contributed by atoms with Gasteiger partial charge in [0.05, 0.1) is 13.1 Å². The number of hydrogen-bond acceptors (Lipinski definition) is 4. The summed E-state index contributed by atoms with van der Waals surface area (Å²) in [4.78, 5) is 10.3. The summed E-state index contributed by atoms with van der Waals surface area (Å²) in [6, 6.07) is 0. The van der Waals surface area contributed by atoms with Crippen molar-refractivity contribution in [1.82, 2.24) is 9.97 Å². The van der Waals surface area contributed by atoms with Crippen LogP contribution < -0.4 is 10.4 Å². The first-order valence-electron chi connectivity index (χ1n) is 3.85. The number of nitrogens with one attached hydrogen (secondary N) is 1. The fraction of sp³-hybridized carbons (Fsp3) is 0.286. The maximum Gasteiger partial charge on any atom is 0.225 e. The van der Waals surface area contributed by atoms with Crippen molar-refractivity contribution in [2.75, 3.05) is 18.0 Å². The third-order valence-corrected chi connectivity index (χ3v) is 1.81. The van der Waals surface area contributed by atoms with Crippen LogP contribution in [-0.2, 0) is 0 Å². The second-order valence-electron chi connectivity index (χ2n) is 3.02. The molecule has 0 aromatic carbocycles. The summed E-state index contributed by atoms with van der Waals surface area (Å²) in [5.74, 6) is 0.733. The highest BCUT2D eigenvalue weighted by Crippen LogP contribution is 2.10. The fourth-order valence-corrected chi connectivity index (χ4v) is 1.10. The summed E-state index contributed by atoms with van der Waals surface area (Å²) in [7, 11) is 1.96. The van der Waals surface area contributed by atoms with E-state index in [1.807, 2.05) is 12.7 Å². The smallest absolute Gasteiger partial charge is 0.225 e. The van der Waals surface area contributed by atoms with Crippen LogP contribution in [0.25, 0.3) is 0 Å². The highest BCUT2D eigenvalue weighted by Gasteiger charge is 2.21. The van der Waals surface area contributed by atoms with E-state index in [0.29, 0.717) is 13.1 Å². The molecule has 1 aromatic rings. The van der Waals surface area contributed by atoms with Gasteiger partial charge in [0, 0.05) is 18.1 Å². The van der Waals surface area contributed by atoms with Gasteiger partial charge in [0.2, 0.25) is 5.95 Å². The Balaban J connectivity index is 2.14. The van der Waals surface area contributed by atoms with Crippen LogP contribution in [0.3, 0.4) is 0 Å². The molecule has 60 valence electrons. The standard InChI is InChI=1S/C7H9BN4/c8-5-1-10-7(11-2-5)12-3-6(9)4-12/h1-2,9H,3-4,8H2. The molecule has 1 aromatic heterocycles. The van der Waals surface area contributed by atoms with Crippen molar-refractivity contribution in [1.29, 1.82) is 5.41 Å². The zero-order valence-corrected chi connectivity index (χ0v) is 6.91. The molecule has 0 saturated carbocycles. The number of hydrogen-bond donors (Lipinski definition) is 1. The van der Waals surface area contributed by atoms with Crippen molar-refractivity contribution < 1.29 is 0 Å². The van der Waals surface area contributed by atoms with Gasteiger partial charge < -0.3 is 10.3 Å². The molecule has 1 aliphatic rings. The summed E-state index contributed by atoms with van der Waals surface area (Å²) in [6.45, 7) is 1.37. The van der Waals surface area contributed by atoms with Gasteiger partial charge in [0.1, 0.15) is 7.85 Å². The molecule has 0 unspecified atom stereocenters. The molecule has 5 heteroatoms. The molecule has 1 saturated heterocycles. The Hall–Kier alpha value is -1.39. The van der Waals surface area contributed by atoms with Crippen LogP contribution >= 0.6 is 0 Å². The lowest BCUT2D eigenvalue weighted by molar-refractivity contribution is 0.840. The molecular formula is C7H9BN4. The number of aromatic nitrogens is 2. The van der Waals surface area contributed by atoms with E-state index >= 15 is 0 Å². The molecule has 0 radical (unpaired) electrons. The van der Waals surface area contributed by atoms with E-state index in [4.69, 9.17) is 5.41 Å². The predicted molar refractivity (Wildman–Crippen MR) is 50.1 cm³/mol. The summed E-state index contributed by atoms with van der Waals surface area (Å²) >= 11 is 0. The van der Waals surface area contributed by atoms with Crippen LogP contribution in [0.15, 0.2) is 12.4 Å². The number of anilines is 1. The highest BCUT2D eigenvalue weighted by atomic mass is 15.3. The van der Waals surface area contributed by atoms with Crippen molar-refractivity contribution in [3.63, 3.8) is 0 Å². The maximum atomic E-state index is 7.25. The van der Waals surface area contributed by atoms with Crippen LogP contribution in [0, 0.1) is 5.41 Å². The molecule has 2 rings (SSSR count). The largest absolute Gasteiger partial charge is 0.330 e. The third kappa shape index (κ3) is 1.18. The minimum Gasteiger partial charge on any atom is -0.330 e. The Morgan fingerprint density at radius 2 is 1.92 bits per heavy atom. The lowest BCUT2D eigenvalue weighted by atomic mass is 10.0. The molecular weight excluding hydrogens is 151 g/mol. The minimum atomic E-state index is 0.684. The van der Waals surface area contributed by atoms with Gasteiger partial charge in [-0.05, 0) is 0 Å². The van der Waals surface area contributed by atoms with Gasteiger partial charge in [-0.25, -0.2) is 9.97 Å². The van der Waals surface area contributed by atoms with Gasteiger partial charge in [0.15, 0.2) is 0 Å². The lowest BCUT2D eigenvalue weighted by Gasteiger charge is -2.31. The normalized spacial score (nSPS) is 16.0. The van der Waals surface area contributed by atoms with Crippen LogP contribution in [0.2, 0.25) is 0 Å². The average Bonchev–Trinajstić information content (AvgIpc) is 2.01. The van der Waals surface area contributed by atoms with Gasteiger partial charge in [-0.2, -0.15) is 0 Å². The fourth-order valence-electron chi connectivity index (χ4n) is 1.10. The predicted octanol–water partition coefficient (Wildman–Crippen LogP) is -1.43. The quantitative estimate of drug-likeness (QED) is 0.512. The monoisotopic (exact) mass is 160 g/mol. The van der Waals surface area contributed by atoms with Gasteiger partial charge in [-0.1, -0.05) is 5.46 Å². The molecule has 2 heterocycles. The third-order valence-electron chi connectivity index (χ3n) is 1.81. The summed E-state index contributed by atoms with van der Waals surface area (Å²) < 4.78 is 0. The second kappa shape index (κ2) is 2.58. The minimum absolute atomic E-state index is 0.684.